The van der Waals surface area contributed by atoms with Gasteiger partial charge in [-0.3, -0.25) is 0 Å². The van der Waals surface area contributed by atoms with Crippen LogP contribution in [0.2, 0.25) is 0 Å². The maximum atomic E-state index is 12.4. The molecule has 0 aromatic carbocycles. The number of piperidine rings is 1. The van der Waals surface area contributed by atoms with Crippen molar-refractivity contribution in [3.63, 3.8) is 0 Å². The molecule has 1 aromatic heterocycles. The Morgan fingerprint density at radius 2 is 2.16 bits per heavy atom. The summed E-state index contributed by atoms with van der Waals surface area (Å²) in [6.07, 6.45) is 4.12. The zero-order valence-corrected chi connectivity index (χ0v) is 11.6. The highest BCUT2D eigenvalue weighted by Crippen LogP contribution is 2.21. The number of nitrogen functional groups attached to an aromatic ring is 1. The molecule has 8 heteroatoms. The Bertz CT molecular complexity index is 515. The van der Waals surface area contributed by atoms with E-state index in [4.69, 9.17) is 10.5 Å². The first-order chi connectivity index (χ1) is 9.04. The highest BCUT2D eigenvalue weighted by molar-refractivity contribution is 7.89. The van der Waals surface area contributed by atoms with Crippen LogP contribution in [0.25, 0.3) is 0 Å². The minimum atomic E-state index is -3.56. The molecule has 0 radical (unpaired) electrons. The van der Waals surface area contributed by atoms with Gasteiger partial charge in [-0.25, -0.2) is 18.4 Å². The summed E-state index contributed by atoms with van der Waals surface area (Å²) >= 11 is 0. The number of anilines is 1. The lowest BCUT2D eigenvalue weighted by atomic mass is 10.1. The van der Waals surface area contributed by atoms with Gasteiger partial charge in [0.15, 0.2) is 0 Å². The topological polar surface area (TPSA) is 98.4 Å². The van der Waals surface area contributed by atoms with E-state index in [0.29, 0.717) is 19.7 Å². The molecule has 1 unspecified atom stereocenters. The van der Waals surface area contributed by atoms with E-state index in [-0.39, 0.29) is 16.9 Å². The molecule has 1 aliphatic heterocycles. The van der Waals surface area contributed by atoms with Crippen molar-refractivity contribution < 1.29 is 13.2 Å². The summed E-state index contributed by atoms with van der Waals surface area (Å²) in [6.45, 7) is 3.36. The van der Waals surface area contributed by atoms with Gasteiger partial charge in [0.05, 0.1) is 18.5 Å². The van der Waals surface area contributed by atoms with E-state index < -0.39 is 10.0 Å². The fourth-order valence-electron chi connectivity index (χ4n) is 2.10. The molecule has 1 atom stereocenters. The lowest BCUT2D eigenvalue weighted by Gasteiger charge is -2.31. The number of sulfonamides is 1. The van der Waals surface area contributed by atoms with Crippen LogP contribution in [0.1, 0.15) is 19.8 Å². The molecule has 2 rings (SSSR count). The molecule has 2 heterocycles. The normalized spacial score (nSPS) is 21.4. The van der Waals surface area contributed by atoms with Crippen LogP contribution in [0.4, 0.5) is 5.95 Å². The number of rotatable bonds is 4. The number of nitrogens with two attached hydrogens (primary N) is 1. The molecule has 0 aliphatic carbocycles. The maximum absolute atomic E-state index is 12.4. The van der Waals surface area contributed by atoms with Crippen LogP contribution < -0.4 is 5.73 Å². The first kappa shape index (κ1) is 14.2. The van der Waals surface area contributed by atoms with Crippen LogP contribution in [-0.4, -0.2) is 48.5 Å². The lowest BCUT2D eigenvalue weighted by molar-refractivity contribution is 0.0265. The Balaban J connectivity index is 2.17. The second-order valence-corrected chi connectivity index (χ2v) is 6.30. The quantitative estimate of drug-likeness (QED) is 0.851. The molecule has 0 amide bonds. The highest BCUT2D eigenvalue weighted by Gasteiger charge is 2.30. The van der Waals surface area contributed by atoms with E-state index in [1.807, 2.05) is 6.92 Å². The predicted octanol–water partition coefficient (Wildman–Crippen LogP) is 0.248. The monoisotopic (exact) mass is 286 g/mol. The molecule has 7 nitrogen and oxygen atoms in total. The fourth-order valence-corrected chi connectivity index (χ4v) is 3.51. The Labute approximate surface area is 112 Å². The van der Waals surface area contributed by atoms with E-state index in [9.17, 15) is 8.42 Å². The molecule has 0 spiro atoms. The molecule has 106 valence electrons. The van der Waals surface area contributed by atoms with Crippen molar-refractivity contribution >= 4 is 16.0 Å². The van der Waals surface area contributed by atoms with Crippen molar-refractivity contribution in [2.45, 2.75) is 30.8 Å². The second kappa shape index (κ2) is 5.81. The Hall–Kier alpha value is -1.25. The van der Waals surface area contributed by atoms with Gasteiger partial charge in [0.1, 0.15) is 4.90 Å². The van der Waals surface area contributed by atoms with Gasteiger partial charge < -0.3 is 10.5 Å². The van der Waals surface area contributed by atoms with Gasteiger partial charge in [-0.15, -0.1) is 0 Å². The van der Waals surface area contributed by atoms with Gasteiger partial charge in [0.2, 0.25) is 16.0 Å². The smallest absolute Gasteiger partial charge is 0.246 e. The van der Waals surface area contributed by atoms with Crippen LogP contribution in [0.3, 0.4) is 0 Å². The van der Waals surface area contributed by atoms with Crippen molar-refractivity contribution in [3.8, 4) is 0 Å². The van der Waals surface area contributed by atoms with Crippen molar-refractivity contribution in [1.29, 1.82) is 0 Å². The largest absolute Gasteiger partial charge is 0.377 e. The first-order valence-corrected chi connectivity index (χ1v) is 7.67. The van der Waals surface area contributed by atoms with Crippen LogP contribution in [0, 0.1) is 0 Å². The van der Waals surface area contributed by atoms with E-state index >= 15 is 0 Å². The average Bonchev–Trinajstić information content (AvgIpc) is 2.40. The molecule has 0 saturated carbocycles. The summed E-state index contributed by atoms with van der Waals surface area (Å²) < 4.78 is 31.7. The SMILES string of the molecule is CCOC1CCCN(S(=O)(=O)c2cnc(N)nc2)C1. The number of hydrogen-bond donors (Lipinski definition) is 1. The summed E-state index contributed by atoms with van der Waals surface area (Å²) in [5.74, 6) is 0.0600. The standard InChI is InChI=1S/C11H18N4O3S/c1-2-18-9-4-3-5-15(8-9)19(16,17)10-6-13-11(12)14-7-10/h6-7,9H,2-5,8H2,1H3,(H2,12,13,14). The number of nitrogens with zero attached hydrogens (tertiary/aromatic N) is 3. The molecular weight excluding hydrogens is 268 g/mol. The number of aromatic nitrogens is 2. The van der Waals surface area contributed by atoms with E-state index in [1.165, 1.54) is 16.7 Å². The van der Waals surface area contributed by atoms with Gasteiger partial charge in [-0.05, 0) is 19.8 Å². The summed E-state index contributed by atoms with van der Waals surface area (Å²) in [4.78, 5) is 7.52. The van der Waals surface area contributed by atoms with Crippen molar-refractivity contribution in [3.05, 3.63) is 12.4 Å². The molecule has 1 saturated heterocycles. The van der Waals surface area contributed by atoms with Crippen LogP contribution in [0.5, 0.6) is 0 Å². The number of hydrogen-bond acceptors (Lipinski definition) is 6. The van der Waals surface area contributed by atoms with Gasteiger partial charge in [0.25, 0.3) is 0 Å². The summed E-state index contributed by atoms with van der Waals surface area (Å²) in [5, 5.41) is 0. The molecule has 1 aliphatic rings. The Kier molecular flexibility index (Phi) is 4.33. The highest BCUT2D eigenvalue weighted by atomic mass is 32.2. The molecule has 1 aromatic rings. The summed E-state index contributed by atoms with van der Waals surface area (Å²) in [6, 6.07) is 0. The molecule has 2 N–H and O–H groups in total. The predicted molar refractivity (Wildman–Crippen MR) is 69.9 cm³/mol. The average molecular weight is 286 g/mol. The van der Waals surface area contributed by atoms with Crippen molar-refractivity contribution in [1.82, 2.24) is 14.3 Å². The molecule has 19 heavy (non-hydrogen) atoms. The third-order valence-corrected chi connectivity index (χ3v) is 4.85. The Morgan fingerprint density at radius 3 is 2.79 bits per heavy atom. The van der Waals surface area contributed by atoms with Gasteiger partial charge in [-0.2, -0.15) is 4.31 Å². The first-order valence-electron chi connectivity index (χ1n) is 6.23. The fraction of sp³-hybridized carbons (Fsp3) is 0.636. The second-order valence-electron chi connectivity index (χ2n) is 4.36. The third-order valence-electron chi connectivity index (χ3n) is 3.03. The van der Waals surface area contributed by atoms with Gasteiger partial charge >= 0.3 is 0 Å². The number of ether oxygens (including phenoxy) is 1. The summed E-state index contributed by atoms with van der Waals surface area (Å²) in [5.41, 5.74) is 5.36. The molecule has 0 bridgehead atoms. The maximum Gasteiger partial charge on any atom is 0.246 e. The van der Waals surface area contributed by atoms with Crippen molar-refractivity contribution in [2.24, 2.45) is 0 Å². The van der Waals surface area contributed by atoms with Crippen molar-refractivity contribution in [2.75, 3.05) is 25.4 Å². The van der Waals surface area contributed by atoms with Gasteiger partial charge in [0, 0.05) is 19.7 Å². The minimum absolute atomic E-state index is 0.0387. The molecule has 1 fully saturated rings. The Morgan fingerprint density at radius 1 is 1.47 bits per heavy atom. The third kappa shape index (κ3) is 3.20. The zero-order chi connectivity index (χ0) is 13.9. The van der Waals surface area contributed by atoms with E-state index in [1.54, 1.807) is 0 Å². The lowest BCUT2D eigenvalue weighted by Crippen LogP contribution is -2.43. The van der Waals surface area contributed by atoms with E-state index in [0.717, 1.165) is 12.8 Å². The van der Waals surface area contributed by atoms with Gasteiger partial charge in [-0.1, -0.05) is 0 Å². The van der Waals surface area contributed by atoms with Crippen LogP contribution in [-0.2, 0) is 14.8 Å². The van der Waals surface area contributed by atoms with Crippen LogP contribution >= 0.6 is 0 Å². The molecular formula is C11H18N4O3S. The minimum Gasteiger partial charge on any atom is -0.377 e. The van der Waals surface area contributed by atoms with E-state index in [2.05, 4.69) is 9.97 Å². The summed E-state index contributed by atoms with van der Waals surface area (Å²) in [7, 11) is -3.56. The zero-order valence-electron chi connectivity index (χ0n) is 10.8. The van der Waals surface area contributed by atoms with Crippen LogP contribution in [0.15, 0.2) is 17.3 Å².